The second-order valence-corrected chi connectivity index (χ2v) is 6.02. The number of hydrogen-bond acceptors (Lipinski definition) is 3. The zero-order valence-corrected chi connectivity index (χ0v) is 13.5. The highest BCUT2D eigenvalue weighted by molar-refractivity contribution is 6.00. The second-order valence-electron chi connectivity index (χ2n) is 6.02. The SMILES string of the molecule is CCC(C)(C)C(=O)c1ccc(Oc2ccc(C(=O)O)cc2)cc1. The maximum atomic E-state index is 12.4. The number of carbonyl (C=O) groups is 2. The van der Waals surface area contributed by atoms with Crippen LogP contribution in [0.5, 0.6) is 11.5 Å². The Bertz CT molecular complexity index is 697. The van der Waals surface area contributed by atoms with Crippen molar-refractivity contribution >= 4 is 11.8 Å². The molecular weight excluding hydrogens is 292 g/mol. The molecule has 0 radical (unpaired) electrons. The first kappa shape index (κ1) is 16.7. The van der Waals surface area contributed by atoms with Crippen LogP contribution in [0.3, 0.4) is 0 Å². The van der Waals surface area contributed by atoms with Crippen molar-refractivity contribution in [2.45, 2.75) is 27.2 Å². The molecule has 0 bridgehead atoms. The van der Waals surface area contributed by atoms with Gasteiger partial charge in [-0.15, -0.1) is 0 Å². The molecule has 2 rings (SSSR count). The lowest BCUT2D eigenvalue weighted by atomic mass is 9.82. The minimum atomic E-state index is -0.974. The monoisotopic (exact) mass is 312 g/mol. The first-order chi connectivity index (χ1) is 10.8. The predicted octanol–water partition coefficient (Wildman–Crippen LogP) is 4.80. The van der Waals surface area contributed by atoms with Gasteiger partial charge in [-0.1, -0.05) is 20.8 Å². The number of carboxylic acid groups (broad SMARTS) is 1. The summed E-state index contributed by atoms with van der Waals surface area (Å²) in [6.07, 6.45) is 0.778. The number of carbonyl (C=O) groups excluding carboxylic acids is 1. The summed E-state index contributed by atoms with van der Waals surface area (Å²) < 4.78 is 5.66. The lowest BCUT2D eigenvalue weighted by molar-refractivity contribution is 0.0696. The molecule has 0 spiro atoms. The van der Waals surface area contributed by atoms with Crippen molar-refractivity contribution in [2.24, 2.45) is 5.41 Å². The summed E-state index contributed by atoms with van der Waals surface area (Å²) in [5.74, 6) is 0.275. The van der Waals surface area contributed by atoms with Crippen LogP contribution < -0.4 is 4.74 Å². The van der Waals surface area contributed by atoms with E-state index in [9.17, 15) is 9.59 Å². The number of carboxylic acids is 1. The molecule has 4 heteroatoms. The summed E-state index contributed by atoms with van der Waals surface area (Å²) in [6.45, 7) is 5.86. The van der Waals surface area contributed by atoms with E-state index < -0.39 is 5.97 Å². The van der Waals surface area contributed by atoms with E-state index in [-0.39, 0.29) is 16.8 Å². The van der Waals surface area contributed by atoms with Crippen molar-refractivity contribution in [3.8, 4) is 11.5 Å². The van der Waals surface area contributed by atoms with Crippen molar-refractivity contribution in [1.82, 2.24) is 0 Å². The average molecular weight is 312 g/mol. The topological polar surface area (TPSA) is 63.6 Å². The maximum absolute atomic E-state index is 12.4. The minimum Gasteiger partial charge on any atom is -0.478 e. The van der Waals surface area contributed by atoms with Crippen LogP contribution in [0, 0.1) is 5.41 Å². The molecule has 0 heterocycles. The summed E-state index contributed by atoms with van der Waals surface area (Å²) in [4.78, 5) is 23.2. The summed E-state index contributed by atoms with van der Waals surface area (Å²) in [6, 6.07) is 13.2. The molecule has 2 aromatic carbocycles. The molecular formula is C19H20O4. The highest BCUT2D eigenvalue weighted by atomic mass is 16.5. The molecule has 0 aliphatic carbocycles. The summed E-state index contributed by atoms with van der Waals surface area (Å²) in [5, 5.41) is 8.86. The molecule has 2 aromatic rings. The molecule has 0 fully saturated rings. The van der Waals surface area contributed by atoms with Gasteiger partial charge in [0.15, 0.2) is 5.78 Å². The van der Waals surface area contributed by atoms with Crippen molar-refractivity contribution < 1.29 is 19.4 Å². The van der Waals surface area contributed by atoms with E-state index in [1.807, 2.05) is 20.8 Å². The highest BCUT2D eigenvalue weighted by Gasteiger charge is 2.26. The number of benzene rings is 2. The van der Waals surface area contributed by atoms with E-state index >= 15 is 0 Å². The number of hydrogen-bond donors (Lipinski definition) is 1. The van der Waals surface area contributed by atoms with Gasteiger partial charge in [0.25, 0.3) is 0 Å². The van der Waals surface area contributed by atoms with Crippen LogP contribution in [-0.4, -0.2) is 16.9 Å². The molecule has 0 unspecified atom stereocenters. The largest absolute Gasteiger partial charge is 0.478 e. The third-order valence-corrected chi connectivity index (χ3v) is 3.95. The Kier molecular flexibility index (Phi) is 4.84. The first-order valence-electron chi connectivity index (χ1n) is 7.49. The van der Waals surface area contributed by atoms with Gasteiger partial charge in [-0.05, 0) is 55.0 Å². The van der Waals surface area contributed by atoms with E-state index in [4.69, 9.17) is 9.84 Å². The Labute approximate surface area is 135 Å². The Hall–Kier alpha value is -2.62. The summed E-state index contributed by atoms with van der Waals surface area (Å²) >= 11 is 0. The summed E-state index contributed by atoms with van der Waals surface area (Å²) in [5.41, 5.74) is 0.486. The summed E-state index contributed by atoms with van der Waals surface area (Å²) in [7, 11) is 0. The van der Waals surface area contributed by atoms with E-state index in [1.165, 1.54) is 12.1 Å². The third-order valence-electron chi connectivity index (χ3n) is 3.95. The van der Waals surface area contributed by atoms with Crippen LogP contribution in [0.25, 0.3) is 0 Å². The number of ether oxygens (including phenoxy) is 1. The Balaban J connectivity index is 2.11. The first-order valence-corrected chi connectivity index (χ1v) is 7.49. The Morgan fingerprint density at radius 2 is 1.35 bits per heavy atom. The number of aromatic carboxylic acids is 1. The lowest BCUT2D eigenvalue weighted by Gasteiger charge is -2.20. The van der Waals surface area contributed by atoms with Crippen LogP contribution in [0.4, 0.5) is 0 Å². The quantitative estimate of drug-likeness (QED) is 0.778. The fourth-order valence-corrected chi connectivity index (χ4v) is 2.03. The van der Waals surface area contributed by atoms with Gasteiger partial charge < -0.3 is 9.84 Å². The molecule has 0 atom stereocenters. The number of ketones is 1. The van der Waals surface area contributed by atoms with Crippen LogP contribution >= 0.6 is 0 Å². The zero-order chi connectivity index (χ0) is 17.0. The van der Waals surface area contributed by atoms with Gasteiger partial charge in [0, 0.05) is 11.0 Å². The minimum absolute atomic E-state index is 0.109. The molecule has 0 saturated carbocycles. The van der Waals surface area contributed by atoms with Gasteiger partial charge in [0.1, 0.15) is 11.5 Å². The van der Waals surface area contributed by atoms with Gasteiger partial charge in [0.05, 0.1) is 5.56 Å². The molecule has 0 amide bonds. The van der Waals surface area contributed by atoms with Crippen LogP contribution in [0.1, 0.15) is 47.9 Å². The Morgan fingerprint density at radius 1 is 0.913 bits per heavy atom. The smallest absolute Gasteiger partial charge is 0.335 e. The molecule has 0 aliphatic heterocycles. The molecule has 120 valence electrons. The third kappa shape index (κ3) is 3.97. The fourth-order valence-electron chi connectivity index (χ4n) is 2.03. The zero-order valence-electron chi connectivity index (χ0n) is 13.5. The lowest BCUT2D eigenvalue weighted by Crippen LogP contribution is -2.23. The predicted molar refractivity (Wildman–Crippen MR) is 88.3 cm³/mol. The molecule has 23 heavy (non-hydrogen) atoms. The highest BCUT2D eigenvalue weighted by Crippen LogP contribution is 2.27. The molecule has 0 aromatic heterocycles. The van der Waals surface area contributed by atoms with Crippen molar-refractivity contribution in [3.63, 3.8) is 0 Å². The number of Topliss-reactive ketones (excluding diaryl/α,β-unsaturated/α-hetero) is 1. The normalized spacial score (nSPS) is 11.1. The van der Waals surface area contributed by atoms with Gasteiger partial charge in [-0.25, -0.2) is 4.79 Å². The molecule has 4 nitrogen and oxygen atoms in total. The van der Waals surface area contributed by atoms with E-state index in [2.05, 4.69) is 0 Å². The Morgan fingerprint density at radius 3 is 1.74 bits per heavy atom. The van der Waals surface area contributed by atoms with Gasteiger partial charge in [0.2, 0.25) is 0 Å². The van der Waals surface area contributed by atoms with Crippen molar-refractivity contribution in [3.05, 3.63) is 59.7 Å². The maximum Gasteiger partial charge on any atom is 0.335 e. The molecule has 1 N–H and O–H groups in total. The van der Waals surface area contributed by atoms with Crippen LogP contribution in [-0.2, 0) is 0 Å². The standard InChI is InChI=1S/C19H20O4/c1-4-19(2,3)17(20)13-5-9-15(10-6-13)23-16-11-7-14(8-12-16)18(21)22/h5-12H,4H2,1-3H3,(H,21,22). The van der Waals surface area contributed by atoms with E-state index in [0.29, 0.717) is 17.1 Å². The fraction of sp³-hybridized carbons (Fsp3) is 0.263. The number of rotatable bonds is 6. The van der Waals surface area contributed by atoms with E-state index in [0.717, 1.165) is 6.42 Å². The van der Waals surface area contributed by atoms with Gasteiger partial charge >= 0.3 is 5.97 Å². The van der Waals surface area contributed by atoms with Crippen LogP contribution in [0.15, 0.2) is 48.5 Å². The van der Waals surface area contributed by atoms with E-state index in [1.54, 1.807) is 36.4 Å². The van der Waals surface area contributed by atoms with Crippen molar-refractivity contribution in [1.29, 1.82) is 0 Å². The molecule has 0 saturated heterocycles. The average Bonchev–Trinajstić information content (AvgIpc) is 2.55. The molecule has 0 aliphatic rings. The second kappa shape index (κ2) is 6.65. The van der Waals surface area contributed by atoms with Crippen LogP contribution in [0.2, 0.25) is 0 Å². The van der Waals surface area contributed by atoms with Gasteiger partial charge in [-0.3, -0.25) is 4.79 Å². The van der Waals surface area contributed by atoms with Gasteiger partial charge in [-0.2, -0.15) is 0 Å². The van der Waals surface area contributed by atoms with Crippen molar-refractivity contribution in [2.75, 3.05) is 0 Å².